The molecule has 0 radical (unpaired) electrons. The van der Waals surface area contributed by atoms with Gasteiger partial charge in [0.2, 0.25) is 0 Å². The molecule has 2 bridgehead atoms. The van der Waals surface area contributed by atoms with Gasteiger partial charge in [0.05, 0.1) is 5.69 Å². The van der Waals surface area contributed by atoms with Crippen LogP contribution in [0.3, 0.4) is 0 Å². The standard InChI is InChI=1S/C9H13N3S/c1-6-2-9(13-11-6)12-5-7-3-8(12)4-10-7/h2,7-8,10H,3-5H2,1H3/t7-,8-/m1/s1. The first-order valence-corrected chi connectivity index (χ1v) is 5.53. The first-order chi connectivity index (χ1) is 6.33. The quantitative estimate of drug-likeness (QED) is 0.724. The highest BCUT2D eigenvalue weighted by Crippen LogP contribution is 2.32. The molecule has 3 rings (SSSR count). The largest absolute Gasteiger partial charge is 0.356 e. The molecule has 13 heavy (non-hydrogen) atoms. The molecule has 2 aliphatic heterocycles. The molecule has 3 nitrogen and oxygen atoms in total. The van der Waals surface area contributed by atoms with Crippen LogP contribution in [0.25, 0.3) is 0 Å². The highest BCUT2D eigenvalue weighted by atomic mass is 32.1. The van der Waals surface area contributed by atoms with Crippen molar-refractivity contribution in [1.82, 2.24) is 9.69 Å². The van der Waals surface area contributed by atoms with Gasteiger partial charge in [-0.1, -0.05) is 0 Å². The summed E-state index contributed by atoms with van der Waals surface area (Å²) < 4.78 is 4.32. The maximum absolute atomic E-state index is 4.32. The molecule has 0 amide bonds. The Morgan fingerprint density at radius 1 is 1.69 bits per heavy atom. The van der Waals surface area contributed by atoms with Crippen molar-refractivity contribution < 1.29 is 0 Å². The third-order valence-corrected chi connectivity index (χ3v) is 3.87. The number of anilines is 1. The van der Waals surface area contributed by atoms with Gasteiger partial charge in [-0.25, -0.2) is 0 Å². The molecule has 3 heterocycles. The Hall–Kier alpha value is -0.610. The zero-order chi connectivity index (χ0) is 8.84. The average molecular weight is 195 g/mol. The minimum absolute atomic E-state index is 0.727. The molecular weight excluding hydrogens is 182 g/mol. The molecule has 2 fully saturated rings. The summed E-state index contributed by atoms with van der Waals surface area (Å²) in [5, 5.41) is 4.86. The molecular formula is C9H13N3S. The van der Waals surface area contributed by atoms with Crippen LogP contribution in [-0.2, 0) is 0 Å². The molecule has 0 saturated carbocycles. The summed E-state index contributed by atoms with van der Waals surface area (Å²) in [6.45, 7) is 4.39. The SMILES string of the molecule is Cc1cc(N2C[C@H]3C[C@@H]2CN3)sn1. The molecule has 4 heteroatoms. The van der Waals surface area contributed by atoms with E-state index in [0.29, 0.717) is 0 Å². The van der Waals surface area contributed by atoms with Crippen LogP contribution in [-0.4, -0.2) is 29.5 Å². The van der Waals surface area contributed by atoms with Crippen molar-refractivity contribution in [1.29, 1.82) is 0 Å². The normalized spacial score (nSPS) is 31.6. The molecule has 1 aromatic heterocycles. The number of nitrogens with zero attached hydrogens (tertiary/aromatic N) is 2. The zero-order valence-corrected chi connectivity index (χ0v) is 8.47. The molecule has 0 aromatic carbocycles. The number of piperazine rings is 1. The van der Waals surface area contributed by atoms with E-state index in [1.165, 1.54) is 18.0 Å². The van der Waals surface area contributed by atoms with E-state index >= 15 is 0 Å². The fourth-order valence-corrected chi connectivity index (χ4v) is 3.16. The highest BCUT2D eigenvalue weighted by molar-refractivity contribution is 7.10. The molecule has 2 atom stereocenters. The molecule has 2 saturated heterocycles. The van der Waals surface area contributed by atoms with Crippen LogP contribution in [0.2, 0.25) is 0 Å². The second kappa shape index (κ2) is 2.69. The number of hydrogen-bond acceptors (Lipinski definition) is 4. The lowest BCUT2D eigenvalue weighted by Crippen LogP contribution is -2.43. The second-order valence-corrected chi connectivity index (χ2v) is 4.74. The van der Waals surface area contributed by atoms with Gasteiger partial charge in [0.25, 0.3) is 0 Å². The van der Waals surface area contributed by atoms with Gasteiger partial charge in [0.1, 0.15) is 5.00 Å². The number of nitrogens with one attached hydrogen (secondary N) is 1. The zero-order valence-electron chi connectivity index (χ0n) is 7.66. The first kappa shape index (κ1) is 7.76. The van der Waals surface area contributed by atoms with E-state index in [0.717, 1.165) is 24.3 Å². The van der Waals surface area contributed by atoms with E-state index in [2.05, 4.69) is 27.6 Å². The smallest absolute Gasteiger partial charge is 0.112 e. The second-order valence-electron chi connectivity index (χ2n) is 3.95. The van der Waals surface area contributed by atoms with E-state index in [1.807, 2.05) is 0 Å². The van der Waals surface area contributed by atoms with E-state index in [9.17, 15) is 0 Å². The van der Waals surface area contributed by atoms with Crippen molar-refractivity contribution in [2.45, 2.75) is 25.4 Å². The van der Waals surface area contributed by atoms with E-state index < -0.39 is 0 Å². The van der Waals surface area contributed by atoms with Gasteiger partial charge >= 0.3 is 0 Å². The van der Waals surface area contributed by atoms with Gasteiger partial charge in [0, 0.05) is 25.2 Å². The summed E-state index contributed by atoms with van der Waals surface area (Å²) in [5.41, 5.74) is 1.15. The monoisotopic (exact) mass is 195 g/mol. The summed E-state index contributed by atoms with van der Waals surface area (Å²) >= 11 is 1.63. The predicted octanol–water partition coefficient (Wildman–Crippen LogP) is 1.00. The van der Waals surface area contributed by atoms with Crippen LogP contribution in [0.1, 0.15) is 12.1 Å². The van der Waals surface area contributed by atoms with E-state index in [1.54, 1.807) is 11.5 Å². The minimum Gasteiger partial charge on any atom is -0.356 e. The van der Waals surface area contributed by atoms with Crippen LogP contribution < -0.4 is 10.2 Å². The Kier molecular flexibility index (Phi) is 1.60. The van der Waals surface area contributed by atoms with Gasteiger partial charge in [-0.05, 0) is 30.9 Å². The van der Waals surface area contributed by atoms with E-state index in [-0.39, 0.29) is 0 Å². The maximum Gasteiger partial charge on any atom is 0.112 e. The Balaban J connectivity index is 1.87. The Morgan fingerprint density at radius 3 is 3.15 bits per heavy atom. The van der Waals surface area contributed by atoms with Crippen molar-refractivity contribution in [3.8, 4) is 0 Å². The van der Waals surface area contributed by atoms with Crippen molar-refractivity contribution in [3.05, 3.63) is 11.8 Å². The molecule has 1 aromatic rings. The summed E-state index contributed by atoms with van der Waals surface area (Å²) in [4.78, 5) is 2.51. The van der Waals surface area contributed by atoms with Crippen LogP contribution in [0.4, 0.5) is 5.00 Å². The first-order valence-electron chi connectivity index (χ1n) is 4.76. The summed E-state index contributed by atoms with van der Waals surface area (Å²) in [5.74, 6) is 0. The van der Waals surface area contributed by atoms with Crippen LogP contribution in [0, 0.1) is 6.92 Å². The third-order valence-electron chi connectivity index (χ3n) is 2.96. The van der Waals surface area contributed by atoms with Crippen LogP contribution in [0.15, 0.2) is 6.07 Å². The van der Waals surface area contributed by atoms with Gasteiger partial charge in [-0.3, -0.25) is 0 Å². The van der Waals surface area contributed by atoms with Crippen molar-refractivity contribution in [2.75, 3.05) is 18.0 Å². The summed E-state index contributed by atoms with van der Waals surface area (Å²) in [6.07, 6.45) is 1.32. The van der Waals surface area contributed by atoms with Crippen LogP contribution in [0.5, 0.6) is 0 Å². The molecule has 70 valence electrons. The molecule has 0 unspecified atom stereocenters. The maximum atomic E-state index is 4.32. The van der Waals surface area contributed by atoms with Gasteiger partial charge in [-0.2, -0.15) is 4.37 Å². The van der Waals surface area contributed by atoms with Crippen molar-refractivity contribution >= 4 is 16.5 Å². The number of hydrogen-bond donors (Lipinski definition) is 1. The van der Waals surface area contributed by atoms with Crippen molar-refractivity contribution in [3.63, 3.8) is 0 Å². The molecule has 0 aliphatic carbocycles. The number of rotatable bonds is 1. The minimum atomic E-state index is 0.727. The number of fused-ring (bicyclic) bond motifs is 2. The Labute approximate surface area is 81.9 Å². The van der Waals surface area contributed by atoms with E-state index in [4.69, 9.17) is 0 Å². The Bertz CT molecular complexity index is 322. The molecule has 1 N–H and O–H groups in total. The van der Waals surface area contributed by atoms with Gasteiger partial charge < -0.3 is 10.2 Å². The molecule has 2 aliphatic rings. The number of aromatic nitrogens is 1. The summed E-state index contributed by atoms with van der Waals surface area (Å²) in [6, 6.07) is 3.66. The lowest BCUT2D eigenvalue weighted by Gasteiger charge is -2.27. The van der Waals surface area contributed by atoms with Gasteiger partial charge in [0.15, 0.2) is 0 Å². The average Bonchev–Trinajstić information content (AvgIpc) is 2.77. The van der Waals surface area contributed by atoms with Gasteiger partial charge in [-0.15, -0.1) is 0 Å². The lowest BCUT2D eigenvalue weighted by atomic mass is 10.2. The highest BCUT2D eigenvalue weighted by Gasteiger charge is 2.38. The topological polar surface area (TPSA) is 28.2 Å². The number of aryl methyl sites for hydroxylation is 1. The van der Waals surface area contributed by atoms with Crippen molar-refractivity contribution in [2.24, 2.45) is 0 Å². The lowest BCUT2D eigenvalue weighted by molar-refractivity contribution is 0.582. The summed E-state index contributed by atoms with van der Waals surface area (Å²) in [7, 11) is 0. The third kappa shape index (κ3) is 1.16. The Morgan fingerprint density at radius 2 is 2.62 bits per heavy atom. The predicted molar refractivity (Wildman–Crippen MR) is 54.4 cm³/mol. The molecule has 0 spiro atoms. The fraction of sp³-hybridized carbons (Fsp3) is 0.667. The fourth-order valence-electron chi connectivity index (χ4n) is 2.32. The van der Waals surface area contributed by atoms with Crippen LogP contribution >= 0.6 is 11.5 Å².